The minimum atomic E-state index is -1.67. The molecule has 1 fully saturated rings. The second-order valence-electron chi connectivity index (χ2n) is 4.02. The van der Waals surface area contributed by atoms with Gasteiger partial charge in [-0.05, 0) is 12.1 Å². The summed E-state index contributed by atoms with van der Waals surface area (Å²) in [5.41, 5.74) is -1.02. The van der Waals surface area contributed by atoms with Gasteiger partial charge in [-0.3, -0.25) is 0 Å². The molecule has 0 bridgehead atoms. The summed E-state index contributed by atoms with van der Waals surface area (Å²) < 4.78 is 5.11. The third-order valence-corrected chi connectivity index (χ3v) is 3.79. The largest absolute Gasteiger partial charge is 0.479 e. The van der Waals surface area contributed by atoms with Gasteiger partial charge < -0.3 is 25.2 Å². The number of hydrogen-bond donors (Lipinski definition) is 4. The lowest BCUT2D eigenvalue weighted by Crippen LogP contribution is -2.58. The van der Waals surface area contributed by atoms with Crippen LogP contribution in [0, 0.1) is 0 Å². The minimum Gasteiger partial charge on any atom is -0.479 e. The molecule has 104 valence electrons. The molecule has 4 N–H and O–H groups in total. The number of ether oxygens (including phenoxy) is 1. The van der Waals surface area contributed by atoms with Gasteiger partial charge >= 0.3 is 5.97 Å². The Morgan fingerprint density at radius 2 is 1.95 bits per heavy atom. The SMILES string of the molecule is O=C(O)[C@H]1O[C@@H](Sc2ccccn2)[C@H](O)[C@@H](O)[C@@H]1O. The second kappa shape index (κ2) is 5.85. The summed E-state index contributed by atoms with van der Waals surface area (Å²) in [7, 11) is 0. The van der Waals surface area contributed by atoms with E-state index in [9.17, 15) is 20.1 Å². The second-order valence-corrected chi connectivity index (χ2v) is 5.14. The molecule has 0 unspecified atom stereocenters. The predicted molar refractivity (Wildman–Crippen MR) is 64.4 cm³/mol. The van der Waals surface area contributed by atoms with E-state index in [4.69, 9.17) is 9.84 Å². The smallest absolute Gasteiger partial charge is 0.335 e. The van der Waals surface area contributed by atoms with Gasteiger partial charge in [-0.2, -0.15) is 0 Å². The molecule has 5 atom stereocenters. The molecule has 0 spiro atoms. The number of carboxylic acids is 1. The molecule has 7 nitrogen and oxygen atoms in total. The molecule has 0 aromatic carbocycles. The van der Waals surface area contributed by atoms with E-state index in [1.54, 1.807) is 18.2 Å². The molecule has 1 aliphatic rings. The van der Waals surface area contributed by atoms with Gasteiger partial charge in [-0.15, -0.1) is 0 Å². The van der Waals surface area contributed by atoms with Gasteiger partial charge in [0.1, 0.15) is 23.7 Å². The highest BCUT2D eigenvalue weighted by Gasteiger charge is 2.47. The monoisotopic (exact) mass is 287 g/mol. The molecule has 1 aromatic rings. The maximum absolute atomic E-state index is 10.9. The van der Waals surface area contributed by atoms with Crippen molar-refractivity contribution in [1.82, 2.24) is 4.98 Å². The van der Waals surface area contributed by atoms with Crippen LogP contribution in [0.25, 0.3) is 0 Å². The third-order valence-electron chi connectivity index (χ3n) is 2.69. The van der Waals surface area contributed by atoms with E-state index in [1.807, 2.05) is 0 Å². The van der Waals surface area contributed by atoms with Gasteiger partial charge in [0.2, 0.25) is 0 Å². The predicted octanol–water partition coefficient (Wildman–Crippen LogP) is -0.934. The van der Waals surface area contributed by atoms with Crippen LogP contribution in [0.15, 0.2) is 29.4 Å². The first-order chi connectivity index (χ1) is 9.00. The summed E-state index contributed by atoms with van der Waals surface area (Å²) in [5.74, 6) is -1.40. The quantitative estimate of drug-likeness (QED) is 0.562. The van der Waals surface area contributed by atoms with Crippen molar-refractivity contribution in [3.05, 3.63) is 24.4 Å². The van der Waals surface area contributed by atoms with Crippen LogP contribution in [0.5, 0.6) is 0 Å². The van der Waals surface area contributed by atoms with Crippen molar-refractivity contribution in [3.8, 4) is 0 Å². The highest BCUT2D eigenvalue weighted by molar-refractivity contribution is 7.99. The van der Waals surface area contributed by atoms with Crippen LogP contribution in [-0.2, 0) is 9.53 Å². The van der Waals surface area contributed by atoms with Crippen LogP contribution in [0.1, 0.15) is 0 Å². The van der Waals surface area contributed by atoms with Gasteiger partial charge in [0.15, 0.2) is 6.10 Å². The number of aliphatic hydroxyl groups excluding tert-OH is 3. The summed E-state index contributed by atoms with van der Waals surface area (Å²) in [5, 5.41) is 38.4. The van der Waals surface area contributed by atoms with Crippen LogP contribution >= 0.6 is 11.8 Å². The summed E-state index contributed by atoms with van der Waals surface area (Å²) in [6.45, 7) is 0. The Labute approximate surface area is 112 Å². The summed E-state index contributed by atoms with van der Waals surface area (Å²) >= 11 is 0.982. The lowest BCUT2D eigenvalue weighted by molar-refractivity contribution is -0.209. The van der Waals surface area contributed by atoms with Crippen molar-refractivity contribution in [3.63, 3.8) is 0 Å². The van der Waals surface area contributed by atoms with Crippen molar-refractivity contribution < 1.29 is 30.0 Å². The van der Waals surface area contributed by atoms with Crippen LogP contribution in [0.4, 0.5) is 0 Å². The summed E-state index contributed by atoms with van der Waals surface area (Å²) in [6, 6.07) is 5.10. The van der Waals surface area contributed by atoms with Gasteiger partial charge in [-0.25, -0.2) is 9.78 Å². The highest BCUT2D eigenvalue weighted by atomic mass is 32.2. The molecule has 0 radical (unpaired) electrons. The number of aliphatic hydroxyl groups is 3. The molecule has 8 heteroatoms. The zero-order valence-electron chi connectivity index (χ0n) is 9.66. The first-order valence-corrected chi connectivity index (χ1v) is 6.39. The Balaban J connectivity index is 2.13. The maximum Gasteiger partial charge on any atom is 0.335 e. The molecular weight excluding hydrogens is 274 g/mol. The average molecular weight is 287 g/mol. The lowest BCUT2D eigenvalue weighted by atomic mass is 10.0. The molecule has 1 aliphatic heterocycles. The number of aromatic nitrogens is 1. The number of nitrogens with zero attached hydrogens (tertiary/aromatic N) is 1. The topological polar surface area (TPSA) is 120 Å². The average Bonchev–Trinajstić information content (AvgIpc) is 2.40. The normalized spacial score (nSPS) is 35.0. The van der Waals surface area contributed by atoms with E-state index in [0.717, 1.165) is 11.8 Å². The Hall–Kier alpha value is -1.19. The van der Waals surface area contributed by atoms with E-state index < -0.39 is 35.8 Å². The molecule has 1 aromatic heterocycles. The van der Waals surface area contributed by atoms with E-state index in [0.29, 0.717) is 5.03 Å². The standard InChI is InChI=1S/C11H13NO6S/c13-6-7(14)9(10(16)17)18-11(8(6)15)19-5-3-1-2-4-12-5/h1-4,6-9,11,13-15H,(H,16,17)/t6-,7-,8+,9-,11-/m0/s1. The van der Waals surface area contributed by atoms with E-state index >= 15 is 0 Å². The van der Waals surface area contributed by atoms with Gasteiger partial charge in [0.05, 0.1) is 5.03 Å². The number of hydrogen-bond acceptors (Lipinski definition) is 7. The first-order valence-electron chi connectivity index (χ1n) is 5.51. The molecule has 2 heterocycles. The molecule has 0 aliphatic carbocycles. The first kappa shape index (κ1) is 14.2. The molecule has 0 amide bonds. The van der Waals surface area contributed by atoms with Crippen molar-refractivity contribution >= 4 is 17.7 Å². The van der Waals surface area contributed by atoms with Crippen LogP contribution in [0.2, 0.25) is 0 Å². The van der Waals surface area contributed by atoms with Crippen LogP contribution in [0.3, 0.4) is 0 Å². The van der Waals surface area contributed by atoms with Crippen LogP contribution < -0.4 is 0 Å². The molecule has 0 saturated carbocycles. The van der Waals surface area contributed by atoms with Gasteiger partial charge in [-0.1, -0.05) is 17.8 Å². The number of rotatable bonds is 3. The number of thioether (sulfide) groups is 1. The number of carboxylic acid groups (broad SMARTS) is 1. The van der Waals surface area contributed by atoms with Gasteiger partial charge in [0, 0.05) is 6.20 Å². The maximum atomic E-state index is 10.9. The highest BCUT2D eigenvalue weighted by Crippen LogP contribution is 2.32. The van der Waals surface area contributed by atoms with E-state index in [-0.39, 0.29) is 0 Å². The van der Waals surface area contributed by atoms with Crippen molar-refractivity contribution in [2.24, 2.45) is 0 Å². The Morgan fingerprint density at radius 1 is 1.21 bits per heavy atom. The molecular formula is C11H13NO6S. The Kier molecular flexibility index (Phi) is 4.38. The summed E-state index contributed by atoms with van der Waals surface area (Å²) in [6.07, 6.45) is -4.71. The van der Waals surface area contributed by atoms with Crippen LogP contribution in [-0.4, -0.2) is 61.2 Å². The van der Waals surface area contributed by atoms with Crippen molar-refractivity contribution in [2.45, 2.75) is 34.9 Å². The fourth-order valence-corrected chi connectivity index (χ4v) is 2.68. The zero-order chi connectivity index (χ0) is 14.0. The molecule has 2 rings (SSSR count). The van der Waals surface area contributed by atoms with Crippen molar-refractivity contribution in [2.75, 3.05) is 0 Å². The van der Waals surface area contributed by atoms with E-state index in [2.05, 4.69) is 4.98 Å². The lowest BCUT2D eigenvalue weighted by Gasteiger charge is -2.38. The number of pyridine rings is 1. The Morgan fingerprint density at radius 3 is 2.53 bits per heavy atom. The Bertz CT molecular complexity index is 444. The van der Waals surface area contributed by atoms with Gasteiger partial charge in [0.25, 0.3) is 0 Å². The number of aliphatic carboxylic acids is 1. The van der Waals surface area contributed by atoms with Crippen molar-refractivity contribution in [1.29, 1.82) is 0 Å². The minimum absolute atomic E-state index is 0.513. The summed E-state index contributed by atoms with van der Waals surface area (Å²) in [4.78, 5) is 14.9. The third kappa shape index (κ3) is 3.04. The number of carbonyl (C=O) groups is 1. The molecule has 19 heavy (non-hydrogen) atoms. The van der Waals surface area contributed by atoms with E-state index in [1.165, 1.54) is 6.20 Å². The fraction of sp³-hybridized carbons (Fsp3) is 0.455. The zero-order valence-corrected chi connectivity index (χ0v) is 10.5. The molecule has 1 saturated heterocycles. The fourth-order valence-electron chi connectivity index (χ4n) is 1.69.